The van der Waals surface area contributed by atoms with Crippen molar-refractivity contribution in [3.8, 4) is 0 Å². The van der Waals surface area contributed by atoms with Crippen molar-refractivity contribution in [2.45, 2.75) is 40.0 Å². The zero-order valence-corrected chi connectivity index (χ0v) is 16.3. The summed E-state index contributed by atoms with van der Waals surface area (Å²) in [6, 6.07) is 5.80. The summed E-state index contributed by atoms with van der Waals surface area (Å²) in [7, 11) is 1.30. The van der Waals surface area contributed by atoms with Crippen LogP contribution in [0.25, 0.3) is 0 Å². The molecule has 0 heterocycles. The number of alkyl carbamates (subject to hydrolysis) is 1. The molecule has 0 atom stereocenters. The van der Waals surface area contributed by atoms with Crippen LogP contribution in [0.3, 0.4) is 0 Å². The Labute approximate surface area is 153 Å². The molecule has 0 aliphatic carbocycles. The van der Waals surface area contributed by atoms with Crippen LogP contribution in [0.5, 0.6) is 0 Å². The molecule has 25 heavy (non-hydrogen) atoms. The second kappa shape index (κ2) is 10.8. The number of hydrogen-bond acceptors (Lipinski definition) is 5. The van der Waals surface area contributed by atoms with Crippen LogP contribution in [0.2, 0.25) is 0 Å². The maximum absolute atomic E-state index is 12.0. The van der Waals surface area contributed by atoms with Gasteiger partial charge in [0.2, 0.25) is 5.91 Å². The Kier molecular flexibility index (Phi) is 9.05. The van der Waals surface area contributed by atoms with Gasteiger partial charge in [-0.25, -0.2) is 9.79 Å². The van der Waals surface area contributed by atoms with Crippen molar-refractivity contribution in [3.63, 3.8) is 0 Å². The Hall–Kier alpha value is -2.02. The number of unbranched alkanes of at least 4 members (excludes halogenated alkanes) is 1. The lowest BCUT2D eigenvalue weighted by Crippen LogP contribution is -2.27. The van der Waals surface area contributed by atoms with E-state index in [0.29, 0.717) is 16.5 Å². The van der Waals surface area contributed by atoms with Gasteiger partial charge in [0.25, 0.3) is 0 Å². The number of aliphatic imine (C=N–C) groups is 1. The van der Waals surface area contributed by atoms with E-state index in [2.05, 4.69) is 27.3 Å². The quantitative estimate of drug-likeness (QED) is 0.581. The van der Waals surface area contributed by atoms with E-state index in [0.717, 1.165) is 24.8 Å². The number of ether oxygens (including phenoxy) is 1. The number of benzene rings is 1. The van der Waals surface area contributed by atoms with Gasteiger partial charge in [0.1, 0.15) is 0 Å². The molecule has 138 valence electrons. The average molecular weight is 365 g/mol. The first kappa shape index (κ1) is 21.0. The Morgan fingerprint density at radius 3 is 2.60 bits per heavy atom. The molecule has 0 radical (unpaired) electrons. The molecule has 1 rings (SSSR count). The fraction of sp³-hybridized carbons (Fsp3) is 0.500. The summed E-state index contributed by atoms with van der Waals surface area (Å²) in [5, 5.41) is 5.86. The highest BCUT2D eigenvalue weighted by Gasteiger charge is 2.12. The van der Waals surface area contributed by atoms with Gasteiger partial charge in [-0.2, -0.15) is 0 Å². The van der Waals surface area contributed by atoms with E-state index in [9.17, 15) is 9.59 Å². The average Bonchev–Trinajstić information content (AvgIpc) is 2.60. The minimum atomic E-state index is -0.581. The highest BCUT2D eigenvalue weighted by atomic mass is 32.2. The number of amidine groups is 1. The van der Waals surface area contributed by atoms with Crippen LogP contribution in [0.15, 0.2) is 23.2 Å². The zero-order chi connectivity index (χ0) is 18.8. The second-order valence-electron chi connectivity index (χ2n) is 5.84. The van der Waals surface area contributed by atoms with E-state index in [1.807, 2.05) is 38.3 Å². The van der Waals surface area contributed by atoms with Crippen LogP contribution in [-0.4, -0.2) is 30.5 Å². The number of methoxy groups -OCH3 is 1. The van der Waals surface area contributed by atoms with Gasteiger partial charge in [0.15, 0.2) is 5.17 Å². The second-order valence-corrected chi connectivity index (χ2v) is 6.63. The van der Waals surface area contributed by atoms with Crippen molar-refractivity contribution in [1.82, 2.24) is 5.32 Å². The first-order chi connectivity index (χ1) is 11.9. The molecule has 0 bridgehead atoms. The highest BCUT2D eigenvalue weighted by Crippen LogP contribution is 2.28. The minimum Gasteiger partial charge on any atom is -0.453 e. The van der Waals surface area contributed by atoms with Crippen molar-refractivity contribution in [1.29, 1.82) is 0 Å². The van der Waals surface area contributed by atoms with Gasteiger partial charge in [-0.15, -0.1) is 0 Å². The van der Waals surface area contributed by atoms with Crippen molar-refractivity contribution in [3.05, 3.63) is 23.8 Å². The normalized spacial score (nSPS) is 11.4. The van der Waals surface area contributed by atoms with Gasteiger partial charge in [-0.1, -0.05) is 45.0 Å². The van der Waals surface area contributed by atoms with E-state index in [1.165, 1.54) is 18.9 Å². The number of carbonyl (C=O) groups is 2. The minimum absolute atomic E-state index is 0.0793. The number of aryl methyl sites for hydroxylation is 1. The van der Waals surface area contributed by atoms with E-state index in [1.54, 1.807) is 0 Å². The van der Waals surface area contributed by atoms with Gasteiger partial charge in [0, 0.05) is 5.92 Å². The van der Waals surface area contributed by atoms with Crippen molar-refractivity contribution in [2.75, 3.05) is 18.7 Å². The lowest BCUT2D eigenvalue weighted by atomic mass is 10.1. The van der Waals surface area contributed by atoms with Gasteiger partial charge in [-0.3, -0.25) is 10.1 Å². The molecule has 2 N–H and O–H groups in total. The monoisotopic (exact) mass is 365 g/mol. The molecule has 6 nitrogen and oxygen atoms in total. The van der Waals surface area contributed by atoms with Gasteiger partial charge < -0.3 is 10.1 Å². The molecule has 1 aromatic carbocycles. The van der Waals surface area contributed by atoms with Crippen LogP contribution in [-0.2, 0) is 16.0 Å². The molecule has 0 saturated carbocycles. The number of nitrogens with zero attached hydrogens (tertiary/aromatic N) is 1. The smallest absolute Gasteiger partial charge is 0.412 e. The van der Waals surface area contributed by atoms with Crippen LogP contribution >= 0.6 is 11.8 Å². The van der Waals surface area contributed by atoms with Gasteiger partial charge in [0.05, 0.1) is 18.5 Å². The summed E-state index contributed by atoms with van der Waals surface area (Å²) in [4.78, 5) is 28.0. The highest BCUT2D eigenvalue weighted by molar-refractivity contribution is 8.13. The lowest BCUT2D eigenvalue weighted by molar-refractivity contribution is -0.118. The first-order valence-corrected chi connectivity index (χ1v) is 9.55. The zero-order valence-electron chi connectivity index (χ0n) is 15.5. The maximum atomic E-state index is 12.0. The number of anilines is 1. The molecule has 7 heteroatoms. The third-order valence-electron chi connectivity index (χ3n) is 3.47. The van der Waals surface area contributed by atoms with Gasteiger partial charge >= 0.3 is 6.09 Å². The number of nitrogens with one attached hydrogen (secondary N) is 2. The summed E-state index contributed by atoms with van der Waals surface area (Å²) in [6.45, 7) is 5.81. The van der Waals surface area contributed by atoms with Crippen molar-refractivity contribution >= 4 is 40.3 Å². The third kappa shape index (κ3) is 7.17. The summed E-state index contributed by atoms with van der Waals surface area (Å²) in [5.41, 5.74) is 2.38. The molecule has 2 amide bonds. The summed E-state index contributed by atoms with van der Waals surface area (Å²) >= 11 is 1.29. The standard InChI is InChI=1S/C18H27N3O3S/c1-6-7-8-13-9-10-14(19-16(22)12(2)3)15(11-13)20-17(25-5)21-18(23)24-4/h9-12H,6-8H2,1-5H3,(H,19,22)(H,20,21,23). The Bertz CT molecular complexity index is 630. The summed E-state index contributed by atoms with van der Waals surface area (Å²) < 4.78 is 4.61. The molecule has 0 aliphatic heterocycles. The third-order valence-corrected chi connectivity index (χ3v) is 4.05. The predicted octanol–water partition coefficient (Wildman–Crippen LogP) is 4.33. The molecule has 0 spiro atoms. The van der Waals surface area contributed by atoms with E-state index >= 15 is 0 Å². The van der Waals surface area contributed by atoms with Crippen LogP contribution in [0.4, 0.5) is 16.2 Å². The fourth-order valence-corrected chi connectivity index (χ4v) is 2.34. The van der Waals surface area contributed by atoms with E-state index < -0.39 is 6.09 Å². The SMILES string of the molecule is CCCCc1ccc(NC(=O)C(C)C)c(N=C(NC(=O)OC)SC)c1. The Balaban J connectivity index is 3.19. The molecule has 0 unspecified atom stereocenters. The van der Waals surface area contributed by atoms with Crippen molar-refractivity contribution < 1.29 is 14.3 Å². The van der Waals surface area contributed by atoms with Crippen LogP contribution in [0, 0.1) is 5.92 Å². The molecular weight excluding hydrogens is 338 g/mol. The van der Waals surface area contributed by atoms with Crippen molar-refractivity contribution in [2.24, 2.45) is 10.9 Å². The molecule has 0 aliphatic rings. The number of amides is 2. The number of thioether (sulfide) groups is 1. The van der Waals surface area contributed by atoms with E-state index in [-0.39, 0.29) is 11.8 Å². The summed E-state index contributed by atoms with van der Waals surface area (Å²) in [5.74, 6) is -0.214. The molecule has 0 aromatic heterocycles. The molecule has 0 saturated heterocycles. The molecule has 1 aromatic rings. The lowest BCUT2D eigenvalue weighted by Gasteiger charge is -2.13. The number of carbonyl (C=O) groups excluding carboxylic acids is 2. The fourth-order valence-electron chi connectivity index (χ4n) is 1.96. The van der Waals surface area contributed by atoms with Crippen LogP contribution < -0.4 is 10.6 Å². The largest absolute Gasteiger partial charge is 0.453 e. The van der Waals surface area contributed by atoms with Crippen LogP contribution in [0.1, 0.15) is 39.2 Å². The summed E-state index contributed by atoms with van der Waals surface area (Å²) in [6.07, 6.45) is 4.35. The Morgan fingerprint density at radius 1 is 1.32 bits per heavy atom. The molecular formula is C18H27N3O3S. The van der Waals surface area contributed by atoms with Gasteiger partial charge in [-0.05, 0) is 36.8 Å². The number of rotatable bonds is 6. The van der Waals surface area contributed by atoms with E-state index in [4.69, 9.17) is 0 Å². The number of hydrogen-bond donors (Lipinski definition) is 2. The Morgan fingerprint density at radius 2 is 2.04 bits per heavy atom. The topological polar surface area (TPSA) is 79.8 Å². The first-order valence-electron chi connectivity index (χ1n) is 8.32. The molecule has 0 fully saturated rings. The maximum Gasteiger partial charge on any atom is 0.412 e. The predicted molar refractivity (Wildman–Crippen MR) is 105 cm³/mol.